The molecule has 4 nitrogen and oxygen atoms in total. The van der Waals surface area contributed by atoms with Gasteiger partial charge in [-0.05, 0) is 61.0 Å². The van der Waals surface area contributed by atoms with Crippen LogP contribution in [-0.2, 0) is 0 Å². The van der Waals surface area contributed by atoms with Crippen LogP contribution in [0.3, 0.4) is 0 Å². The van der Waals surface area contributed by atoms with Crippen molar-refractivity contribution < 1.29 is 9.26 Å². The summed E-state index contributed by atoms with van der Waals surface area (Å²) in [6, 6.07) is 22.5. The van der Waals surface area contributed by atoms with Crippen molar-refractivity contribution in [1.82, 2.24) is 10.1 Å². The van der Waals surface area contributed by atoms with Gasteiger partial charge in [0.1, 0.15) is 11.5 Å². The zero-order valence-electron chi connectivity index (χ0n) is 13.7. The van der Waals surface area contributed by atoms with Gasteiger partial charge in [0, 0.05) is 11.1 Å². The number of rotatable bonds is 4. The van der Waals surface area contributed by atoms with Crippen LogP contribution in [0.25, 0.3) is 22.8 Å². The molecule has 0 N–H and O–H groups in total. The van der Waals surface area contributed by atoms with E-state index in [1.165, 1.54) is 0 Å². The molecule has 1 aromatic heterocycles. The minimum Gasteiger partial charge on any atom is -0.457 e. The van der Waals surface area contributed by atoms with Crippen LogP contribution >= 0.6 is 11.6 Å². The number of ether oxygens (including phenoxy) is 1. The van der Waals surface area contributed by atoms with Crippen LogP contribution in [0, 0.1) is 6.92 Å². The van der Waals surface area contributed by atoms with Crippen molar-refractivity contribution in [2.45, 2.75) is 0 Å². The molecule has 0 saturated heterocycles. The van der Waals surface area contributed by atoms with E-state index in [2.05, 4.69) is 17.1 Å². The summed E-state index contributed by atoms with van der Waals surface area (Å²) in [6.07, 6.45) is 0. The summed E-state index contributed by atoms with van der Waals surface area (Å²) in [5, 5.41) is 4.56. The van der Waals surface area contributed by atoms with Crippen LogP contribution < -0.4 is 4.74 Å². The molecule has 0 aliphatic rings. The van der Waals surface area contributed by atoms with Crippen LogP contribution in [0.15, 0.2) is 77.3 Å². The smallest absolute Gasteiger partial charge is 0.258 e. The van der Waals surface area contributed by atoms with E-state index in [0.29, 0.717) is 22.3 Å². The summed E-state index contributed by atoms with van der Waals surface area (Å²) >= 11 is 6.24. The Bertz CT molecular complexity index is 1030. The number of benzene rings is 3. The van der Waals surface area contributed by atoms with Gasteiger partial charge in [-0.1, -0.05) is 41.0 Å². The number of halogens is 1. The van der Waals surface area contributed by atoms with Gasteiger partial charge in [-0.25, -0.2) is 0 Å². The van der Waals surface area contributed by atoms with Crippen molar-refractivity contribution in [2.75, 3.05) is 0 Å². The summed E-state index contributed by atoms with van der Waals surface area (Å²) in [5.41, 5.74) is 2.34. The maximum atomic E-state index is 6.24. The second-order valence-electron chi connectivity index (χ2n) is 5.68. The van der Waals surface area contributed by atoms with Gasteiger partial charge >= 0.3 is 0 Å². The molecule has 3 aromatic carbocycles. The van der Waals surface area contributed by atoms with E-state index < -0.39 is 0 Å². The molecule has 0 aliphatic heterocycles. The average molecular weight is 362 g/mol. The maximum Gasteiger partial charge on any atom is 0.258 e. The normalized spacial score (nSPS) is 10.7. The van der Waals surface area contributed by atoms with Gasteiger partial charge in [0.05, 0.1) is 5.02 Å². The topological polar surface area (TPSA) is 48.2 Å². The Kier molecular flexibility index (Phi) is 4.42. The minimum atomic E-state index is 0.418. The molecule has 0 unspecified atom stereocenters. The Balaban J connectivity index is 1.56. The molecule has 0 fully saturated rings. The summed E-state index contributed by atoms with van der Waals surface area (Å²) in [7, 11) is 0. The maximum absolute atomic E-state index is 6.24. The summed E-state index contributed by atoms with van der Waals surface area (Å²) in [5.74, 6) is 2.37. The van der Waals surface area contributed by atoms with E-state index in [-0.39, 0.29) is 0 Å². The molecule has 0 amide bonds. The van der Waals surface area contributed by atoms with Gasteiger partial charge < -0.3 is 9.26 Å². The largest absolute Gasteiger partial charge is 0.457 e. The Hall–Kier alpha value is -3.11. The molecule has 5 heteroatoms. The molecule has 0 spiro atoms. The van der Waals surface area contributed by atoms with E-state index in [9.17, 15) is 0 Å². The molecule has 26 heavy (non-hydrogen) atoms. The molecule has 0 aliphatic carbocycles. The highest BCUT2D eigenvalue weighted by molar-refractivity contribution is 6.33. The summed E-state index contributed by atoms with van der Waals surface area (Å²) in [6.45, 7) is 3.85. The van der Waals surface area contributed by atoms with Crippen molar-refractivity contribution in [3.8, 4) is 34.3 Å². The molecular weight excluding hydrogens is 348 g/mol. The number of aromatic nitrogens is 2. The van der Waals surface area contributed by atoms with Crippen LogP contribution in [0.2, 0.25) is 5.02 Å². The second-order valence-corrected chi connectivity index (χ2v) is 6.08. The first kappa shape index (κ1) is 16.4. The third kappa shape index (κ3) is 3.46. The Morgan fingerprint density at radius 3 is 2.35 bits per heavy atom. The van der Waals surface area contributed by atoms with Crippen LogP contribution in [0.4, 0.5) is 0 Å². The quantitative estimate of drug-likeness (QED) is 0.445. The van der Waals surface area contributed by atoms with Gasteiger partial charge in [-0.3, -0.25) is 0 Å². The number of hydrogen-bond acceptors (Lipinski definition) is 4. The SMILES string of the molecule is [CH2]c1ccc(-c2noc(-c3ccc(Oc4ccccc4)cc3)n2)c(Cl)c1. The lowest BCUT2D eigenvalue weighted by atomic mass is 10.1. The lowest BCUT2D eigenvalue weighted by molar-refractivity contribution is 0.432. The standard InChI is InChI=1S/C21H14ClN2O2/c1-14-7-12-18(19(22)13-14)20-23-21(26-24-20)15-8-10-17(11-9-15)25-16-5-3-2-4-6-16/h2-13H,1H2. The van der Waals surface area contributed by atoms with Gasteiger partial charge in [0.2, 0.25) is 5.82 Å². The fourth-order valence-corrected chi connectivity index (χ4v) is 2.77. The first-order chi connectivity index (χ1) is 12.7. The minimum absolute atomic E-state index is 0.418. The monoisotopic (exact) mass is 361 g/mol. The predicted octanol–water partition coefficient (Wildman–Crippen LogP) is 6.03. The molecule has 127 valence electrons. The molecule has 0 saturated carbocycles. The number of nitrogens with zero attached hydrogens (tertiary/aromatic N) is 2. The van der Waals surface area contributed by atoms with Crippen molar-refractivity contribution in [3.05, 3.63) is 90.3 Å². The fourth-order valence-electron chi connectivity index (χ4n) is 2.48. The van der Waals surface area contributed by atoms with Crippen LogP contribution in [0.1, 0.15) is 5.56 Å². The van der Waals surface area contributed by atoms with Gasteiger partial charge in [-0.2, -0.15) is 4.98 Å². The molecule has 4 rings (SSSR count). The predicted molar refractivity (Wildman–Crippen MR) is 101 cm³/mol. The third-order valence-corrected chi connectivity index (χ3v) is 4.09. The molecular formula is C21H14ClN2O2. The molecule has 0 atom stereocenters. The van der Waals surface area contributed by atoms with E-state index in [4.69, 9.17) is 20.9 Å². The van der Waals surface area contributed by atoms with Crippen LogP contribution in [-0.4, -0.2) is 10.1 Å². The Morgan fingerprint density at radius 1 is 0.885 bits per heavy atom. The van der Waals surface area contributed by atoms with E-state index >= 15 is 0 Å². The molecule has 4 aromatic rings. The number of hydrogen-bond donors (Lipinski definition) is 0. The lowest BCUT2D eigenvalue weighted by Crippen LogP contribution is -1.85. The van der Waals surface area contributed by atoms with Gasteiger partial charge in [0.25, 0.3) is 5.89 Å². The van der Waals surface area contributed by atoms with E-state index in [1.807, 2.05) is 66.7 Å². The Labute approximate surface area is 156 Å². The summed E-state index contributed by atoms with van der Waals surface area (Å²) < 4.78 is 11.2. The van der Waals surface area contributed by atoms with E-state index in [1.54, 1.807) is 6.07 Å². The second kappa shape index (κ2) is 7.02. The summed E-state index contributed by atoms with van der Waals surface area (Å²) in [4.78, 5) is 4.43. The zero-order chi connectivity index (χ0) is 17.9. The van der Waals surface area contributed by atoms with Gasteiger partial charge in [-0.15, -0.1) is 0 Å². The van der Waals surface area contributed by atoms with Crippen LogP contribution in [0.5, 0.6) is 11.5 Å². The fraction of sp³-hybridized carbons (Fsp3) is 0. The van der Waals surface area contributed by atoms with Crippen molar-refractivity contribution in [1.29, 1.82) is 0 Å². The highest BCUT2D eigenvalue weighted by atomic mass is 35.5. The highest BCUT2D eigenvalue weighted by Crippen LogP contribution is 2.29. The lowest BCUT2D eigenvalue weighted by Gasteiger charge is -2.05. The van der Waals surface area contributed by atoms with Gasteiger partial charge in [0.15, 0.2) is 0 Å². The molecule has 1 radical (unpaired) electrons. The van der Waals surface area contributed by atoms with Crippen molar-refractivity contribution >= 4 is 11.6 Å². The number of para-hydroxylation sites is 1. The highest BCUT2D eigenvalue weighted by Gasteiger charge is 2.13. The van der Waals surface area contributed by atoms with Crippen molar-refractivity contribution in [2.24, 2.45) is 0 Å². The average Bonchev–Trinajstić information content (AvgIpc) is 3.13. The molecule has 1 heterocycles. The zero-order valence-corrected chi connectivity index (χ0v) is 14.5. The Morgan fingerprint density at radius 2 is 1.62 bits per heavy atom. The first-order valence-corrected chi connectivity index (χ1v) is 8.36. The third-order valence-electron chi connectivity index (χ3n) is 3.78. The molecule has 0 bridgehead atoms. The van der Waals surface area contributed by atoms with E-state index in [0.717, 1.165) is 22.6 Å². The first-order valence-electron chi connectivity index (χ1n) is 7.98. The van der Waals surface area contributed by atoms with Crippen molar-refractivity contribution in [3.63, 3.8) is 0 Å².